The number of aromatic hydroxyl groups is 1. The fourth-order valence-electron chi connectivity index (χ4n) is 2.95. The fraction of sp³-hybridized carbons (Fsp3) is 0.200. The zero-order valence-corrected chi connectivity index (χ0v) is 18.7. The summed E-state index contributed by atoms with van der Waals surface area (Å²) in [6.45, 7) is 2.64. The third kappa shape index (κ3) is 4.73. The molecule has 1 N–H and O–H groups in total. The summed E-state index contributed by atoms with van der Waals surface area (Å²) < 4.78 is 1.37. The van der Waals surface area contributed by atoms with Crippen molar-refractivity contribution in [2.45, 2.75) is 0 Å². The van der Waals surface area contributed by atoms with Gasteiger partial charge >= 0.3 is 0 Å². The molecule has 2 aromatic carbocycles. The molecule has 0 saturated carbocycles. The minimum atomic E-state index is -0.247. The summed E-state index contributed by atoms with van der Waals surface area (Å²) >= 11 is 4.07. The zero-order valence-electron chi connectivity index (χ0n) is 14.4. The number of hydrogen-bond donors (Lipinski definition) is 1. The number of carbonyl (C=O) groups is 1. The van der Waals surface area contributed by atoms with Crippen LogP contribution in [0.5, 0.6) is 5.75 Å². The summed E-state index contributed by atoms with van der Waals surface area (Å²) in [6.07, 6.45) is 1.59. The molecule has 1 aliphatic rings. The molecule has 0 aromatic heterocycles. The van der Waals surface area contributed by atoms with Gasteiger partial charge in [-0.2, -0.15) is 5.26 Å². The molecule has 7 heteroatoms. The van der Waals surface area contributed by atoms with E-state index in [1.165, 1.54) is 0 Å². The van der Waals surface area contributed by atoms with Gasteiger partial charge in [-0.1, -0.05) is 18.2 Å². The molecular formula is C20H17I2N3O2. The molecule has 0 atom stereocenters. The highest BCUT2D eigenvalue weighted by Crippen LogP contribution is 2.28. The van der Waals surface area contributed by atoms with Crippen LogP contribution in [-0.4, -0.2) is 42.1 Å². The lowest BCUT2D eigenvalue weighted by Gasteiger charge is -2.36. The first-order valence-corrected chi connectivity index (χ1v) is 10.5. The molecule has 0 spiro atoms. The van der Waals surface area contributed by atoms with E-state index in [4.69, 9.17) is 0 Å². The minimum absolute atomic E-state index is 0.112. The van der Waals surface area contributed by atoms with Crippen LogP contribution in [0.3, 0.4) is 0 Å². The van der Waals surface area contributed by atoms with Crippen molar-refractivity contribution in [3.05, 3.63) is 60.7 Å². The molecule has 0 aliphatic carbocycles. The first-order chi connectivity index (χ1) is 13.0. The third-order valence-corrected chi connectivity index (χ3v) is 6.03. The monoisotopic (exact) mass is 585 g/mol. The van der Waals surface area contributed by atoms with Gasteiger partial charge in [0, 0.05) is 31.9 Å². The van der Waals surface area contributed by atoms with Gasteiger partial charge < -0.3 is 14.9 Å². The summed E-state index contributed by atoms with van der Waals surface area (Å²) in [6, 6.07) is 15.7. The van der Waals surface area contributed by atoms with Crippen molar-refractivity contribution in [2.24, 2.45) is 0 Å². The maximum Gasteiger partial charge on any atom is 0.264 e. The maximum atomic E-state index is 12.8. The molecule has 1 fully saturated rings. The smallest absolute Gasteiger partial charge is 0.264 e. The van der Waals surface area contributed by atoms with Crippen molar-refractivity contribution in [2.75, 3.05) is 31.1 Å². The Morgan fingerprint density at radius 1 is 1.07 bits per heavy atom. The van der Waals surface area contributed by atoms with Crippen LogP contribution >= 0.6 is 45.2 Å². The van der Waals surface area contributed by atoms with E-state index in [9.17, 15) is 15.2 Å². The number of para-hydroxylation sites is 1. The number of phenolic OH excluding ortho intramolecular Hbond substituents is 1. The summed E-state index contributed by atoms with van der Waals surface area (Å²) in [7, 11) is 0. The molecular weight excluding hydrogens is 568 g/mol. The van der Waals surface area contributed by atoms with Gasteiger partial charge in [-0.25, -0.2) is 0 Å². The average molecular weight is 585 g/mol. The van der Waals surface area contributed by atoms with Crippen LogP contribution < -0.4 is 4.90 Å². The second kappa shape index (κ2) is 8.93. The van der Waals surface area contributed by atoms with Crippen LogP contribution in [0, 0.1) is 18.5 Å². The van der Waals surface area contributed by atoms with E-state index in [1.807, 2.05) is 69.5 Å². The number of phenols is 1. The standard InChI is InChI=1S/C20H17I2N3O2/c21-17-11-14(12-18(22)19(17)26)10-15(13-23)20(27)25-8-6-24(7-9-25)16-4-2-1-3-5-16/h1-5,10-12,26H,6-9H2/b15-10-. The Labute approximate surface area is 185 Å². The van der Waals surface area contributed by atoms with E-state index in [0.717, 1.165) is 24.3 Å². The van der Waals surface area contributed by atoms with E-state index in [0.29, 0.717) is 20.2 Å². The second-order valence-corrected chi connectivity index (χ2v) is 8.44. The first-order valence-electron chi connectivity index (χ1n) is 8.38. The Balaban J connectivity index is 1.72. The molecule has 1 aliphatic heterocycles. The van der Waals surface area contributed by atoms with Gasteiger partial charge in [-0.15, -0.1) is 0 Å². The number of halogens is 2. The van der Waals surface area contributed by atoms with Crippen molar-refractivity contribution < 1.29 is 9.90 Å². The number of rotatable bonds is 3. The zero-order chi connectivity index (χ0) is 19.4. The predicted molar refractivity (Wildman–Crippen MR) is 122 cm³/mol. The van der Waals surface area contributed by atoms with Gasteiger partial charge in [0.25, 0.3) is 5.91 Å². The molecule has 27 heavy (non-hydrogen) atoms. The second-order valence-electron chi connectivity index (χ2n) is 6.12. The highest BCUT2D eigenvalue weighted by molar-refractivity contribution is 14.1. The van der Waals surface area contributed by atoms with Crippen LogP contribution in [0.15, 0.2) is 48.0 Å². The molecule has 1 amide bonds. The van der Waals surface area contributed by atoms with Crippen molar-refractivity contribution >= 4 is 62.9 Å². The summed E-state index contributed by atoms with van der Waals surface area (Å²) in [4.78, 5) is 16.7. The summed E-state index contributed by atoms with van der Waals surface area (Å²) in [5, 5.41) is 19.4. The van der Waals surface area contributed by atoms with Gasteiger partial charge in [0.1, 0.15) is 17.4 Å². The number of carbonyl (C=O) groups excluding carboxylic acids is 1. The Hall–Kier alpha value is -1.80. The number of nitriles is 1. The largest absolute Gasteiger partial charge is 0.506 e. The summed E-state index contributed by atoms with van der Waals surface area (Å²) in [5.74, 6) is -0.0291. The van der Waals surface area contributed by atoms with Crippen LogP contribution in [0.25, 0.3) is 6.08 Å². The molecule has 1 heterocycles. The van der Waals surface area contributed by atoms with Crippen molar-refractivity contribution in [1.82, 2.24) is 4.90 Å². The molecule has 0 radical (unpaired) electrons. The number of piperazine rings is 1. The molecule has 0 unspecified atom stereocenters. The van der Waals surface area contributed by atoms with Gasteiger partial charge in [-0.3, -0.25) is 4.79 Å². The Bertz CT molecular complexity index is 892. The van der Waals surface area contributed by atoms with Crippen molar-refractivity contribution in [3.8, 4) is 11.8 Å². The number of nitrogens with zero attached hydrogens (tertiary/aromatic N) is 3. The van der Waals surface area contributed by atoms with Crippen molar-refractivity contribution in [1.29, 1.82) is 5.26 Å². The Kier molecular flexibility index (Phi) is 6.59. The van der Waals surface area contributed by atoms with E-state index in [-0.39, 0.29) is 17.2 Å². The number of hydrogen-bond acceptors (Lipinski definition) is 4. The van der Waals surface area contributed by atoms with E-state index in [2.05, 4.69) is 17.0 Å². The predicted octanol–water partition coefficient (Wildman–Crippen LogP) is 3.86. The minimum Gasteiger partial charge on any atom is -0.506 e. The molecule has 0 bridgehead atoms. The van der Waals surface area contributed by atoms with Crippen LogP contribution in [0.2, 0.25) is 0 Å². The number of benzene rings is 2. The SMILES string of the molecule is N#C/C(=C/c1cc(I)c(O)c(I)c1)C(=O)N1CCN(c2ccccc2)CC1. The first kappa shape index (κ1) is 19.9. The maximum absolute atomic E-state index is 12.8. The quantitative estimate of drug-likeness (QED) is 0.338. The fourth-order valence-corrected chi connectivity index (χ4v) is 4.77. The van der Waals surface area contributed by atoms with E-state index < -0.39 is 0 Å². The lowest BCUT2D eigenvalue weighted by atomic mass is 10.1. The van der Waals surface area contributed by atoms with Gasteiger partial charge in [-0.05, 0) is 81.1 Å². The normalized spacial score (nSPS) is 14.8. The number of anilines is 1. The van der Waals surface area contributed by atoms with Crippen LogP contribution in [0.4, 0.5) is 5.69 Å². The molecule has 2 aromatic rings. The van der Waals surface area contributed by atoms with E-state index in [1.54, 1.807) is 23.1 Å². The number of amides is 1. The van der Waals surface area contributed by atoms with E-state index >= 15 is 0 Å². The molecule has 3 rings (SSSR count). The molecule has 5 nitrogen and oxygen atoms in total. The molecule has 138 valence electrons. The van der Waals surface area contributed by atoms with Gasteiger partial charge in [0.05, 0.1) is 7.14 Å². The van der Waals surface area contributed by atoms with Crippen LogP contribution in [0.1, 0.15) is 5.56 Å². The Morgan fingerprint density at radius 3 is 2.22 bits per heavy atom. The molecule has 1 saturated heterocycles. The highest BCUT2D eigenvalue weighted by atomic mass is 127. The summed E-state index contributed by atoms with van der Waals surface area (Å²) in [5.41, 5.74) is 1.99. The van der Waals surface area contributed by atoms with Crippen molar-refractivity contribution in [3.63, 3.8) is 0 Å². The lowest BCUT2D eigenvalue weighted by molar-refractivity contribution is -0.126. The van der Waals surface area contributed by atoms with Gasteiger partial charge in [0.15, 0.2) is 0 Å². The highest BCUT2D eigenvalue weighted by Gasteiger charge is 2.24. The Morgan fingerprint density at radius 2 is 1.67 bits per heavy atom. The average Bonchev–Trinajstić information content (AvgIpc) is 2.70. The third-order valence-electron chi connectivity index (χ3n) is 4.39. The van der Waals surface area contributed by atoms with Crippen LogP contribution in [-0.2, 0) is 4.79 Å². The topological polar surface area (TPSA) is 67.6 Å². The lowest BCUT2D eigenvalue weighted by Crippen LogP contribution is -2.49. The van der Waals surface area contributed by atoms with Gasteiger partial charge in [0.2, 0.25) is 0 Å².